The summed E-state index contributed by atoms with van der Waals surface area (Å²) in [4.78, 5) is 0. The molecule has 0 saturated carbocycles. The van der Waals surface area contributed by atoms with Crippen LogP contribution in [0.2, 0.25) is 0 Å². The maximum absolute atomic E-state index is 13.3. The summed E-state index contributed by atoms with van der Waals surface area (Å²) in [6.45, 7) is 0.356. The molecule has 1 unspecified atom stereocenters. The molecule has 1 aromatic rings. The molecule has 0 fully saturated rings. The highest BCUT2D eigenvalue weighted by atomic mass is 19.1. The summed E-state index contributed by atoms with van der Waals surface area (Å²) in [7, 11) is 0. The van der Waals surface area contributed by atoms with Crippen LogP contribution in [0, 0.1) is 0 Å². The summed E-state index contributed by atoms with van der Waals surface area (Å²) in [6.07, 6.45) is -1.41. The molecule has 1 aliphatic rings. The first kappa shape index (κ1) is 9.27. The average Bonchev–Trinajstić information content (AvgIpc) is 2.27. The number of hydrogen-bond acceptors (Lipinski definition) is 3. The number of alkyl halides is 1. The second-order valence-corrected chi connectivity index (χ2v) is 3.02. The van der Waals surface area contributed by atoms with E-state index in [4.69, 9.17) is 14.6 Å². The number of halogens is 1. The highest BCUT2D eigenvalue weighted by Gasteiger charge is 2.20. The van der Waals surface area contributed by atoms with E-state index in [0.717, 1.165) is 0 Å². The summed E-state index contributed by atoms with van der Waals surface area (Å²) in [6, 6.07) is 5.00. The number of benzene rings is 1. The Balaban J connectivity index is 2.39. The molecule has 76 valence electrons. The van der Waals surface area contributed by atoms with Crippen molar-refractivity contribution >= 4 is 0 Å². The van der Waals surface area contributed by atoms with Crippen LogP contribution in [0.25, 0.3) is 0 Å². The highest BCUT2D eigenvalue weighted by molar-refractivity contribution is 5.48. The summed E-state index contributed by atoms with van der Waals surface area (Å²) < 4.78 is 23.9. The minimum atomic E-state index is -1.41. The van der Waals surface area contributed by atoms with E-state index in [2.05, 4.69) is 0 Å². The lowest BCUT2D eigenvalue weighted by molar-refractivity contribution is 0.151. The highest BCUT2D eigenvalue weighted by Crippen LogP contribution is 2.37. The van der Waals surface area contributed by atoms with Crippen molar-refractivity contribution < 1.29 is 19.0 Å². The minimum absolute atomic E-state index is 0.352. The lowest BCUT2D eigenvalue weighted by Crippen LogP contribution is -2.17. The molecule has 0 spiro atoms. The minimum Gasteiger partial charge on any atom is -0.486 e. The topological polar surface area (TPSA) is 38.7 Å². The Morgan fingerprint density at radius 2 is 2.14 bits per heavy atom. The fourth-order valence-electron chi connectivity index (χ4n) is 1.44. The predicted octanol–water partition coefficient (Wildman–Crippen LogP) is 1.46. The molecule has 0 amide bonds. The maximum Gasteiger partial charge on any atom is 0.167 e. The van der Waals surface area contributed by atoms with Gasteiger partial charge in [0.15, 0.2) is 17.7 Å². The van der Waals surface area contributed by atoms with Crippen LogP contribution in [-0.2, 0) is 0 Å². The molecule has 0 aliphatic carbocycles. The number of ether oxygens (including phenoxy) is 2. The van der Waals surface area contributed by atoms with E-state index < -0.39 is 12.8 Å². The zero-order valence-corrected chi connectivity index (χ0v) is 7.57. The standard InChI is InChI=1S/C10H11FO3/c11-8(6-12)7-2-1-3-9-10(7)14-5-4-13-9/h1-3,8,12H,4-6H2. The average molecular weight is 198 g/mol. The number of hydrogen-bond donors (Lipinski definition) is 1. The first-order valence-electron chi connectivity index (χ1n) is 4.46. The smallest absolute Gasteiger partial charge is 0.167 e. The number of rotatable bonds is 2. The molecule has 3 nitrogen and oxygen atoms in total. The van der Waals surface area contributed by atoms with Gasteiger partial charge in [0.05, 0.1) is 6.61 Å². The van der Waals surface area contributed by atoms with Gasteiger partial charge in [0.25, 0.3) is 0 Å². The third-order valence-corrected chi connectivity index (χ3v) is 2.09. The summed E-state index contributed by atoms with van der Waals surface area (Å²) in [5.74, 6) is 0.963. The Bertz CT molecular complexity index is 327. The van der Waals surface area contributed by atoms with Crippen molar-refractivity contribution in [2.45, 2.75) is 6.17 Å². The SMILES string of the molecule is OCC(F)c1cccc2c1OCCO2. The van der Waals surface area contributed by atoms with Crippen molar-refractivity contribution in [1.82, 2.24) is 0 Å². The van der Waals surface area contributed by atoms with Gasteiger partial charge in [-0.3, -0.25) is 0 Å². The van der Waals surface area contributed by atoms with Gasteiger partial charge in [-0.25, -0.2) is 4.39 Å². The second-order valence-electron chi connectivity index (χ2n) is 3.02. The van der Waals surface area contributed by atoms with Gasteiger partial charge in [-0.05, 0) is 6.07 Å². The van der Waals surface area contributed by atoms with Gasteiger partial charge in [-0.1, -0.05) is 12.1 Å². The van der Waals surface area contributed by atoms with Crippen molar-refractivity contribution in [3.63, 3.8) is 0 Å². The summed E-state index contributed by atoms with van der Waals surface area (Å²) in [5, 5.41) is 8.72. The number of fused-ring (bicyclic) bond motifs is 1. The first-order valence-corrected chi connectivity index (χ1v) is 4.46. The lowest BCUT2D eigenvalue weighted by Gasteiger charge is -2.21. The van der Waals surface area contributed by atoms with Crippen molar-refractivity contribution in [3.8, 4) is 11.5 Å². The van der Waals surface area contributed by atoms with Gasteiger partial charge in [0.1, 0.15) is 13.2 Å². The predicted molar refractivity (Wildman–Crippen MR) is 48.4 cm³/mol. The molecular formula is C10H11FO3. The van der Waals surface area contributed by atoms with Crippen LogP contribution < -0.4 is 9.47 Å². The number of para-hydroxylation sites is 1. The number of aliphatic hydroxyl groups excluding tert-OH is 1. The molecule has 0 aromatic heterocycles. The van der Waals surface area contributed by atoms with Crippen LogP contribution in [0.3, 0.4) is 0 Å². The largest absolute Gasteiger partial charge is 0.486 e. The van der Waals surface area contributed by atoms with Crippen LogP contribution in [0.5, 0.6) is 11.5 Å². The Kier molecular flexibility index (Phi) is 2.54. The van der Waals surface area contributed by atoms with Crippen LogP contribution in [-0.4, -0.2) is 24.9 Å². The van der Waals surface area contributed by atoms with E-state index in [-0.39, 0.29) is 0 Å². The second kappa shape index (κ2) is 3.84. The normalized spacial score (nSPS) is 16.4. The molecule has 0 radical (unpaired) electrons. The van der Waals surface area contributed by atoms with Gasteiger partial charge in [-0.2, -0.15) is 0 Å². The molecule has 1 atom stereocenters. The molecule has 1 N–H and O–H groups in total. The van der Waals surface area contributed by atoms with Gasteiger partial charge in [0.2, 0.25) is 0 Å². The van der Waals surface area contributed by atoms with E-state index in [0.29, 0.717) is 30.3 Å². The Morgan fingerprint density at radius 1 is 1.36 bits per heavy atom. The zero-order valence-electron chi connectivity index (χ0n) is 7.57. The van der Waals surface area contributed by atoms with E-state index in [9.17, 15) is 4.39 Å². The van der Waals surface area contributed by atoms with Crippen molar-refractivity contribution in [2.24, 2.45) is 0 Å². The fraction of sp³-hybridized carbons (Fsp3) is 0.400. The molecule has 0 saturated heterocycles. The summed E-state index contributed by atoms with van der Waals surface area (Å²) in [5.41, 5.74) is 0.352. The van der Waals surface area contributed by atoms with Crippen molar-refractivity contribution in [1.29, 1.82) is 0 Å². The number of aliphatic hydroxyl groups is 1. The van der Waals surface area contributed by atoms with E-state index in [1.54, 1.807) is 18.2 Å². The van der Waals surface area contributed by atoms with Gasteiger partial charge >= 0.3 is 0 Å². The van der Waals surface area contributed by atoms with Crippen LogP contribution in [0.1, 0.15) is 11.7 Å². The monoisotopic (exact) mass is 198 g/mol. The molecule has 0 bridgehead atoms. The zero-order chi connectivity index (χ0) is 9.97. The van der Waals surface area contributed by atoms with Gasteiger partial charge in [-0.15, -0.1) is 0 Å². The Morgan fingerprint density at radius 3 is 2.93 bits per heavy atom. The molecule has 1 heterocycles. The molecule has 1 aromatic carbocycles. The van der Waals surface area contributed by atoms with Crippen molar-refractivity contribution in [3.05, 3.63) is 23.8 Å². The lowest BCUT2D eigenvalue weighted by atomic mass is 10.1. The van der Waals surface area contributed by atoms with E-state index in [1.165, 1.54) is 0 Å². The Labute approximate surface area is 81.1 Å². The van der Waals surface area contributed by atoms with Crippen LogP contribution >= 0.6 is 0 Å². The third-order valence-electron chi connectivity index (χ3n) is 2.09. The molecule has 2 rings (SSSR count). The maximum atomic E-state index is 13.3. The van der Waals surface area contributed by atoms with Gasteiger partial charge < -0.3 is 14.6 Å². The quantitative estimate of drug-likeness (QED) is 0.781. The molecule has 4 heteroatoms. The molecule has 14 heavy (non-hydrogen) atoms. The fourth-order valence-corrected chi connectivity index (χ4v) is 1.44. The van der Waals surface area contributed by atoms with E-state index in [1.807, 2.05) is 0 Å². The van der Waals surface area contributed by atoms with Crippen LogP contribution in [0.15, 0.2) is 18.2 Å². The Hall–Kier alpha value is -1.29. The molecular weight excluding hydrogens is 187 g/mol. The van der Waals surface area contributed by atoms with Gasteiger partial charge in [0, 0.05) is 5.56 Å². The third kappa shape index (κ3) is 1.53. The van der Waals surface area contributed by atoms with Crippen molar-refractivity contribution in [2.75, 3.05) is 19.8 Å². The van der Waals surface area contributed by atoms with E-state index >= 15 is 0 Å². The molecule has 1 aliphatic heterocycles. The first-order chi connectivity index (χ1) is 6.83. The summed E-state index contributed by atoms with van der Waals surface area (Å²) >= 11 is 0. The van der Waals surface area contributed by atoms with Crippen LogP contribution in [0.4, 0.5) is 4.39 Å².